The van der Waals surface area contributed by atoms with E-state index < -0.39 is 0 Å². The summed E-state index contributed by atoms with van der Waals surface area (Å²) in [5.41, 5.74) is 2.25. The molecule has 0 aromatic heterocycles. The highest BCUT2D eigenvalue weighted by Gasteiger charge is 2.45. The molecule has 2 aromatic carbocycles. The molecule has 2 aliphatic rings. The second-order valence-corrected chi connectivity index (χ2v) is 6.42. The molecule has 0 unspecified atom stereocenters. The van der Waals surface area contributed by atoms with E-state index in [1.165, 1.54) is 0 Å². The van der Waals surface area contributed by atoms with Crippen molar-refractivity contribution >= 4 is 5.91 Å². The Kier molecular flexibility index (Phi) is 4.22. The predicted molar refractivity (Wildman–Crippen MR) is 93.1 cm³/mol. The zero-order valence-corrected chi connectivity index (χ0v) is 14.2. The van der Waals surface area contributed by atoms with Gasteiger partial charge in [0.15, 0.2) is 11.5 Å². The minimum Gasteiger partial charge on any atom is -0.496 e. The van der Waals surface area contributed by atoms with Gasteiger partial charge in [0, 0.05) is 12.5 Å². The summed E-state index contributed by atoms with van der Waals surface area (Å²) in [4.78, 5) is 12.4. The fourth-order valence-corrected chi connectivity index (χ4v) is 3.36. The van der Waals surface area contributed by atoms with E-state index in [0.717, 1.165) is 41.2 Å². The summed E-state index contributed by atoms with van der Waals surface area (Å²) in [6, 6.07) is 13.8. The highest BCUT2D eigenvalue weighted by Crippen LogP contribution is 2.50. The fraction of sp³-hybridized carbons (Fsp3) is 0.350. The molecular weight excluding hydrogens is 318 g/mol. The summed E-state index contributed by atoms with van der Waals surface area (Å²) < 4.78 is 16.1. The van der Waals surface area contributed by atoms with Gasteiger partial charge in [0.05, 0.1) is 7.11 Å². The zero-order valence-electron chi connectivity index (χ0n) is 14.2. The fourth-order valence-electron chi connectivity index (χ4n) is 3.36. The van der Waals surface area contributed by atoms with Gasteiger partial charge in [-0.3, -0.25) is 4.79 Å². The second kappa shape index (κ2) is 6.67. The third-order valence-corrected chi connectivity index (χ3v) is 4.82. The van der Waals surface area contributed by atoms with Crippen molar-refractivity contribution in [1.82, 2.24) is 5.32 Å². The first-order chi connectivity index (χ1) is 12.3. The van der Waals surface area contributed by atoms with Crippen LogP contribution in [-0.4, -0.2) is 26.4 Å². The Hall–Kier alpha value is -2.69. The Bertz CT molecular complexity index is 789. The van der Waals surface area contributed by atoms with E-state index in [1.807, 2.05) is 42.5 Å². The number of nitrogens with one attached hydrogen (secondary N) is 1. The highest BCUT2D eigenvalue weighted by atomic mass is 16.7. The van der Waals surface area contributed by atoms with Crippen LogP contribution in [0.25, 0.3) is 0 Å². The highest BCUT2D eigenvalue weighted by molar-refractivity contribution is 5.83. The van der Waals surface area contributed by atoms with Crippen LogP contribution in [0.2, 0.25) is 0 Å². The van der Waals surface area contributed by atoms with Crippen molar-refractivity contribution in [1.29, 1.82) is 0 Å². The van der Waals surface area contributed by atoms with Crippen LogP contribution >= 0.6 is 0 Å². The Morgan fingerprint density at radius 3 is 2.92 bits per heavy atom. The van der Waals surface area contributed by atoms with Gasteiger partial charge in [0.1, 0.15) is 5.75 Å². The molecule has 1 N–H and O–H groups in total. The van der Waals surface area contributed by atoms with Crippen LogP contribution in [0.4, 0.5) is 0 Å². The number of carbonyl (C=O) groups is 1. The summed E-state index contributed by atoms with van der Waals surface area (Å²) in [6.07, 6.45) is 1.66. The van der Waals surface area contributed by atoms with Gasteiger partial charge in [-0.15, -0.1) is 0 Å². The molecule has 4 rings (SSSR count). The van der Waals surface area contributed by atoms with Crippen LogP contribution in [0.1, 0.15) is 23.5 Å². The maximum Gasteiger partial charge on any atom is 0.231 e. The molecule has 1 aliphatic carbocycles. The summed E-state index contributed by atoms with van der Waals surface area (Å²) in [7, 11) is 1.67. The van der Waals surface area contributed by atoms with Crippen LogP contribution in [0.15, 0.2) is 42.5 Å². The molecule has 1 saturated carbocycles. The van der Waals surface area contributed by atoms with Gasteiger partial charge in [0.25, 0.3) is 0 Å². The van der Waals surface area contributed by atoms with Crippen LogP contribution in [-0.2, 0) is 11.2 Å². The normalized spacial score (nSPS) is 20.2. The maximum atomic E-state index is 12.4. The number of carbonyl (C=O) groups excluding carboxylic acids is 1. The minimum atomic E-state index is 0.0491. The molecule has 0 spiro atoms. The summed E-state index contributed by atoms with van der Waals surface area (Å²) in [5, 5.41) is 3.05. The number of hydrogen-bond donors (Lipinski definition) is 1. The molecule has 1 heterocycles. The maximum absolute atomic E-state index is 12.4. The molecule has 25 heavy (non-hydrogen) atoms. The number of rotatable bonds is 6. The Morgan fingerprint density at radius 2 is 2.04 bits per heavy atom. The molecule has 0 saturated heterocycles. The van der Waals surface area contributed by atoms with Crippen LogP contribution < -0.4 is 19.5 Å². The van der Waals surface area contributed by atoms with E-state index in [9.17, 15) is 4.79 Å². The molecule has 0 bridgehead atoms. The molecular formula is C20H21NO4. The number of ether oxygens (including phenoxy) is 3. The van der Waals surface area contributed by atoms with Crippen molar-refractivity contribution in [3.8, 4) is 17.2 Å². The molecule has 5 nitrogen and oxygen atoms in total. The Labute approximate surface area is 146 Å². The number of methoxy groups -OCH3 is 1. The molecule has 1 aliphatic heterocycles. The molecule has 1 fully saturated rings. The standard InChI is InChI=1S/C20H21NO4/c1-23-17-5-3-2-4-14(17)15-11-16(15)20(22)21-9-8-13-6-7-18-19(10-13)25-12-24-18/h2-7,10,15-16H,8-9,11-12H2,1H3,(H,21,22)/t15-,16-/m0/s1. The number of amides is 1. The van der Waals surface area contributed by atoms with Gasteiger partial charge >= 0.3 is 0 Å². The topological polar surface area (TPSA) is 56.8 Å². The van der Waals surface area contributed by atoms with Crippen molar-refractivity contribution in [2.24, 2.45) is 5.92 Å². The number of benzene rings is 2. The summed E-state index contributed by atoms with van der Waals surface area (Å²) in [6.45, 7) is 0.898. The number of hydrogen-bond acceptors (Lipinski definition) is 4. The largest absolute Gasteiger partial charge is 0.496 e. The first kappa shape index (κ1) is 15.8. The zero-order chi connectivity index (χ0) is 17.2. The molecule has 130 valence electrons. The third-order valence-electron chi connectivity index (χ3n) is 4.82. The Balaban J connectivity index is 1.29. The van der Waals surface area contributed by atoms with Crippen LogP contribution in [0.5, 0.6) is 17.2 Å². The molecule has 2 aromatic rings. The smallest absolute Gasteiger partial charge is 0.231 e. The van der Waals surface area contributed by atoms with Gasteiger partial charge < -0.3 is 19.5 Å². The second-order valence-electron chi connectivity index (χ2n) is 6.42. The monoisotopic (exact) mass is 339 g/mol. The van der Waals surface area contributed by atoms with E-state index in [4.69, 9.17) is 14.2 Å². The van der Waals surface area contributed by atoms with Crippen molar-refractivity contribution in [2.75, 3.05) is 20.4 Å². The number of para-hydroxylation sites is 1. The first-order valence-electron chi connectivity index (χ1n) is 8.55. The third kappa shape index (κ3) is 3.27. The van der Waals surface area contributed by atoms with Gasteiger partial charge in [-0.1, -0.05) is 24.3 Å². The SMILES string of the molecule is COc1ccccc1[C@@H]1C[C@@H]1C(=O)NCCc1ccc2c(c1)OCO2. The Morgan fingerprint density at radius 1 is 1.20 bits per heavy atom. The quantitative estimate of drug-likeness (QED) is 0.879. The lowest BCUT2D eigenvalue weighted by Crippen LogP contribution is -2.27. The van der Waals surface area contributed by atoms with E-state index in [1.54, 1.807) is 7.11 Å². The van der Waals surface area contributed by atoms with E-state index >= 15 is 0 Å². The van der Waals surface area contributed by atoms with Crippen molar-refractivity contribution in [3.63, 3.8) is 0 Å². The molecule has 0 radical (unpaired) electrons. The summed E-state index contributed by atoms with van der Waals surface area (Å²) in [5.74, 6) is 2.86. The predicted octanol–water partition coefficient (Wildman–Crippen LogP) is 2.89. The number of fused-ring (bicyclic) bond motifs is 1. The average molecular weight is 339 g/mol. The van der Waals surface area contributed by atoms with Gasteiger partial charge in [-0.25, -0.2) is 0 Å². The van der Waals surface area contributed by atoms with Crippen molar-refractivity contribution in [2.45, 2.75) is 18.8 Å². The minimum absolute atomic E-state index is 0.0491. The lowest BCUT2D eigenvalue weighted by atomic mass is 10.1. The summed E-state index contributed by atoms with van der Waals surface area (Å²) >= 11 is 0. The average Bonchev–Trinajstić information content (AvgIpc) is 3.31. The van der Waals surface area contributed by atoms with Crippen LogP contribution in [0.3, 0.4) is 0 Å². The molecule has 5 heteroatoms. The van der Waals surface area contributed by atoms with Crippen molar-refractivity contribution in [3.05, 3.63) is 53.6 Å². The van der Waals surface area contributed by atoms with E-state index in [0.29, 0.717) is 6.54 Å². The van der Waals surface area contributed by atoms with Gasteiger partial charge in [-0.05, 0) is 48.1 Å². The first-order valence-corrected chi connectivity index (χ1v) is 8.55. The van der Waals surface area contributed by atoms with E-state index in [2.05, 4.69) is 5.32 Å². The lowest BCUT2D eigenvalue weighted by Gasteiger charge is -2.08. The lowest BCUT2D eigenvalue weighted by molar-refractivity contribution is -0.122. The van der Waals surface area contributed by atoms with E-state index in [-0.39, 0.29) is 24.5 Å². The van der Waals surface area contributed by atoms with Gasteiger partial charge in [-0.2, -0.15) is 0 Å². The van der Waals surface area contributed by atoms with Crippen LogP contribution in [0, 0.1) is 5.92 Å². The molecule has 2 atom stereocenters. The van der Waals surface area contributed by atoms with Gasteiger partial charge in [0.2, 0.25) is 12.7 Å². The molecule has 1 amide bonds. The van der Waals surface area contributed by atoms with Crippen molar-refractivity contribution < 1.29 is 19.0 Å².